The smallest absolute Gasteiger partial charge is 0.549 e. The van der Waals surface area contributed by atoms with Crippen molar-refractivity contribution in [3.8, 4) is 0 Å². The van der Waals surface area contributed by atoms with Gasteiger partial charge in [0.25, 0.3) is 0 Å². The van der Waals surface area contributed by atoms with Gasteiger partial charge in [0.1, 0.15) is 0 Å². The summed E-state index contributed by atoms with van der Waals surface area (Å²) >= 11 is 0. The Morgan fingerprint density at radius 1 is 0.727 bits per heavy atom. The number of hydrogen-bond acceptors (Lipinski definition) is 9. The van der Waals surface area contributed by atoms with Crippen LogP contribution in [0.4, 0.5) is 0 Å². The van der Waals surface area contributed by atoms with Crippen molar-refractivity contribution < 1.29 is 86.2 Å². The van der Waals surface area contributed by atoms with Gasteiger partial charge in [-0.05, 0) is 0 Å². The number of carboxylic acids is 4. The van der Waals surface area contributed by atoms with E-state index in [1.165, 1.54) is 0 Å². The van der Waals surface area contributed by atoms with Gasteiger partial charge in [-0.25, -0.2) is 0 Å². The molecule has 0 aromatic carbocycles. The molecule has 0 radical (unpaired) electrons. The van der Waals surface area contributed by atoms with Crippen molar-refractivity contribution in [1.29, 1.82) is 0 Å². The number of carboxylic acid groups (broad SMARTS) is 4. The van der Waals surface area contributed by atoms with Crippen LogP contribution < -0.4 is 44.9 Å². The van der Waals surface area contributed by atoms with Gasteiger partial charge in [-0.2, -0.15) is 0 Å². The van der Waals surface area contributed by atoms with Crippen LogP contribution in [0.3, 0.4) is 0 Å². The van der Waals surface area contributed by atoms with Crippen LogP contribution in [0.5, 0.6) is 0 Å². The minimum Gasteiger partial charge on any atom is -0.549 e. The van der Waals surface area contributed by atoms with E-state index in [1.807, 2.05) is 0 Å². The first-order valence-electron chi connectivity index (χ1n) is 5.46. The Kier molecular flexibility index (Phi) is 16.6. The van der Waals surface area contributed by atoms with E-state index in [9.17, 15) is 34.5 Å². The van der Waals surface area contributed by atoms with Crippen LogP contribution in [0.2, 0.25) is 0 Å². The molecule has 0 heterocycles. The molecule has 0 aromatic heterocycles. The molecule has 10 nitrogen and oxygen atoms in total. The maximum Gasteiger partial charge on any atom is 2.00 e. The minimum absolute atomic E-state index is 0. The molecule has 0 saturated carbocycles. The van der Waals surface area contributed by atoms with Crippen molar-refractivity contribution in [2.24, 2.45) is 0 Å². The fourth-order valence-electron chi connectivity index (χ4n) is 1.45. The molecule has 0 fully saturated rings. The van der Waals surface area contributed by atoms with E-state index in [-0.39, 0.29) is 59.7 Å². The second kappa shape index (κ2) is 13.9. The Morgan fingerprint density at radius 3 is 1.23 bits per heavy atom. The van der Waals surface area contributed by atoms with Gasteiger partial charge in [-0.3, -0.25) is 14.6 Å². The summed E-state index contributed by atoms with van der Waals surface area (Å²) in [5.41, 5.74) is 0. The van der Waals surface area contributed by atoms with Crippen LogP contribution >= 0.6 is 0 Å². The predicted octanol–water partition coefficient (Wildman–Crippen LogP) is -9.07. The van der Waals surface area contributed by atoms with Crippen LogP contribution in [0.15, 0.2) is 0 Å². The Bertz CT molecular complexity index is 327. The van der Waals surface area contributed by atoms with Crippen molar-refractivity contribution in [2.75, 3.05) is 39.3 Å². The molecule has 0 atom stereocenters. The van der Waals surface area contributed by atoms with Gasteiger partial charge in [0, 0.05) is 32.7 Å². The number of carbonyl (C=O) groups excluding carboxylic acids is 3. The van der Waals surface area contributed by atoms with Gasteiger partial charge in [-0.15, -0.1) is 0 Å². The molecule has 0 aliphatic rings. The molecule has 0 aromatic rings. The Hall–Kier alpha value is -0.681. The minimum atomic E-state index is -1.52. The first-order chi connectivity index (χ1) is 9.20. The fourth-order valence-corrected chi connectivity index (χ4v) is 1.45. The monoisotopic (exact) mass is 368 g/mol. The molecule has 12 heteroatoms. The molecule has 0 aliphatic heterocycles. The van der Waals surface area contributed by atoms with Crippen LogP contribution in [0, 0.1) is 0 Å². The van der Waals surface area contributed by atoms with Crippen LogP contribution in [0.25, 0.3) is 0 Å². The van der Waals surface area contributed by atoms with Crippen LogP contribution in [-0.4, -0.2) is 78.1 Å². The van der Waals surface area contributed by atoms with Crippen molar-refractivity contribution >= 4 is 23.9 Å². The Morgan fingerprint density at radius 2 is 1.00 bits per heavy atom. The topological polar surface area (TPSA) is 164 Å². The third-order valence-corrected chi connectivity index (χ3v) is 2.15. The van der Waals surface area contributed by atoms with Gasteiger partial charge < -0.3 is 34.8 Å². The summed E-state index contributed by atoms with van der Waals surface area (Å²) < 4.78 is 0. The standard InChI is InChI=1S/C10H16N2O8.Fe.Na/c13-7(14)3-11(4-8(15)16)1-2-12(5-9(17)18)6-10(19)20;;/h1-6H2,(H,13,14)(H,15,16)(H,17,18)(H,19,20);;/q;+2;+1/p-3. The number of nitrogens with zero attached hydrogens (tertiary/aromatic N) is 2. The summed E-state index contributed by atoms with van der Waals surface area (Å²) in [7, 11) is 0. The number of carbonyl (C=O) groups is 4. The summed E-state index contributed by atoms with van der Waals surface area (Å²) in [5.74, 6) is -5.82. The summed E-state index contributed by atoms with van der Waals surface area (Å²) in [6.07, 6.45) is 0. The molecule has 22 heavy (non-hydrogen) atoms. The quantitative estimate of drug-likeness (QED) is 0.346. The number of aliphatic carboxylic acids is 4. The van der Waals surface area contributed by atoms with Crippen molar-refractivity contribution in [3.05, 3.63) is 0 Å². The summed E-state index contributed by atoms with van der Waals surface area (Å²) in [6, 6.07) is 0. The maximum absolute atomic E-state index is 10.5. The predicted molar refractivity (Wildman–Crippen MR) is 55.5 cm³/mol. The molecule has 0 aliphatic carbocycles. The molecule has 120 valence electrons. The summed E-state index contributed by atoms with van der Waals surface area (Å²) in [5, 5.41) is 39.8. The summed E-state index contributed by atoms with van der Waals surface area (Å²) in [4.78, 5) is 43.7. The zero-order valence-corrected chi connectivity index (χ0v) is 14.9. The van der Waals surface area contributed by atoms with Crippen LogP contribution in [-0.2, 0) is 36.2 Å². The zero-order chi connectivity index (χ0) is 15.7. The maximum atomic E-state index is 10.5. The SMILES string of the molecule is O=C([O-])CN(CCN(CC(=O)[O-])CC(=O)O)CC(=O)[O-].[Fe+2].[Na+]. The molecule has 0 unspecified atom stereocenters. The molecule has 0 saturated heterocycles. The first kappa shape index (κ1) is 26.2. The molecule has 0 bridgehead atoms. The third-order valence-electron chi connectivity index (χ3n) is 2.15. The van der Waals surface area contributed by atoms with Gasteiger partial charge in [0.05, 0.1) is 24.5 Å². The van der Waals surface area contributed by atoms with E-state index < -0.39 is 50.1 Å². The second-order valence-electron chi connectivity index (χ2n) is 3.93. The number of rotatable bonds is 11. The zero-order valence-electron chi connectivity index (χ0n) is 11.8. The van der Waals surface area contributed by atoms with E-state index in [0.717, 1.165) is 9.80 Å². The first-order valence-corrected chi connectivity index (χ1v) is 5.46. The van der Waals surface area contributed by atoms with Crippen LogP contribution in [0.1, 0.15) is 0 Å². The molecule has 0 rings (SSSR count). The van der Waals surface area contributed by atoms with Gasteiger partial charge in [0.15, 0.2) is 0 Å². The molecule has 0 spiro atoms. The summed E-state index contributed by atoms with van der Waals surface area (Å²) in [6.45, 7) is -3.00. The van der Waals surface area contributed by atoms with Gasteiger partial charge >= 0.3 is 52.6 Å². The van der Waals surface area contributed by atoms with Crippen molar-refractivity contribution in [1.82, 2.24) is 9.80 Å². The molecule has 1 N–H and O–H groups in total. The van der Waals surface area contributed by atoms with Crippen molar-refractivity contribution in [2.45, 2.75) is 0 Å². The average molecular weight is 368 g/mol. The Labute approximate surface area is 158 Å². The van der Waals surface area contributed by atoms with E-state index in [0.29, 0.717) is 0 Å². The molecular formula is C10H13FeN2NaO8. The largest absolute Gasteiger partial charge is 2.00 e. The average Bonchev–Trinajstić information content (AvgIpc) is 2.22. The normalized spacial score (nSPS) is 9.73. The van der Waals surface area contributed by atoms with Crippen molar-refractivity contribution in [3.63, 3.8) is 0 Å². The van der Waals surface area contributed by atoms with E-state index in [4.69, 9.17) is 5.11 Å². The van der Waals surface area contributed by atoms with Gasteiger partial charge in [-0.1, -0.05) is 0 Å². The van der Waals surface area contributed by atoms with Gasteiger partial charge in [0.2, 0.25) is 0 Å². The number of hydrogen-bond donors (Lipinski definition) is 1. The molecule has 0 amide bonds. The van der Waals surface area contributed by atoms with E-state index in [1.54, 1.807) is 0 Å². The molecular weight excluding hydrogens is 355 g/mol. The van der Waals surface area contributed by atoms with E-state index in [2.05, 4.69) is 0 Å². The van der Waals surface area contributed by atoms with E-state index >= 15 is 0 Å². The second-order valence-corrected chi connectivity index (χ2v) is 3.93. The Balaban J connectivity index is -0.00000180. The third kappa shape index (κ3) is 15.7. The fraction of sp³-hybridized carbons (Fsp3) is 0.600.